The van der Waals surface area contributed by atoms with E-state index in [9.17, 15) is 4.39 Å². The highest BCUT2D eigenvalue weighted by molar-refractivity contribution is 9.10. The van der Waals surface area contributed by atoms with Crippen LogP contribution in [0.1, 0.15) is 11.1 Å². The average Bonchev–Trinajstić information content (AvgIpc) is 2.32. The molecule has 1 N–H and O–H groups in total. The lowest BCUT2D eigenvalue weighted by molar-refractivity contribution is 0.628. The van der Waals surface area contributed by atoms with Crippen LogP contribution in [-0.2, 0) is 6.54 Å². The van der Waals surface area contributed by atoms with Crippen LogP contribution in [0.3, 0.4) is 0 Å². The molecule has 4 heteroatoms. The van der Waals surface area contributed by atoms with Crippen LogP contribution < -0.4 is 5.32 Å². The van der Waals surface area contributed by atoms with Crippen molar-refractivity contribution < 1.29 is 4.39 Å². The van der Waals surface area contributed by atoms with E-state index in [-0.39, 0.29) is 5.82 Å². The molecule has 2 aromatic rings. The van der Waals surface area contributed by atoms with E-state index in [4.69, 9.17) is 0 Å². The summed E-state index contributed by atoms with van der Waals surface area (Å²) in [6, 6.07) is 6.53. The van der Waals surface area contributed by atoms with E-state index >= 15 is 0 Å². The number of nitrogens with zero attached hydrogens (tertiary/aromatic N) is 1. The van der Waals surface area contributed by atoms with Crippen molar-refractivity contribution in [3.63, 3.8) is 0 Å². The normalized spacial score (nSPS) is 10.3. The number of pyridine rings is 1. The molecule has 2 nitrogen and oxygen atoms in total. The van der Waals surface area contributed by atoms with E-state index in [1.807, 2.05) is 19.2 Å². The van der Waals surface area contributed by atoms with Gasteiger partial charge in [0.05, 0.1) is 5.69 Å². The fourth-order valence-corrected chi connectivity index (χ4v) is 1.89. The van der Waals surface area contributed by atoms with Crippen LogP contribution in [0, 0.1) is 12.7 Å². The second kappa shape index (κ2) is 5.27. The Morgan fingerprint density at radius 2 is 2.18 bits per heavy atom. The highest BCUT2D eigenvalue weighted by atomic mass is 79.9. The number of nitrogens with one attached hydrogen (secondary N) is 1. The van der Waals surface area contributed by atoms with Crippen molar-refractivity contribution >= 4 is 21.6 Å². The summed E-state index contributed by atoms with van der Waals surface area (Å²) in [4.78, 5) is 4.07. The molecule has 0 amide bonds. The van der Waals surface area contributed by atoms with Crippen molar-refractivity contribution in [1.82, 2.24) is 4.98 Å². The maximum atomic E-state index is 13.1. The first-order valence-corrected chi connectivity index (χ1v) is 6.04. The van der Waals surface area contributed by atoms with Gasteiger partial charge in [-0.2, -0.15) is 0 Å². The van der Waals surface area contributed by atoms with E-state index in [0.717, 1.165) is 15.7 Å². The molecular formula is C13H12BrFN2. The molecule has 0 fully saturated rings. The minimum Gasteiger partial charge on any atom is -0.380 e. The second-order valence-electron chi connectivity index (χ2n) is 3.78. The molecule has 0 saturated carbocycles. The maximum Gasteiger partial charge on any atom is 0.125 e. The Hall–Kier alpha value is -1.42. The third-order valence-corrected chi connectivity index (χ3v) is 3.24. The monoisotopic (exact) mass is 294 g/mol. The summed E-state index contributed by atoms with van der Waals surface area (Å²) in [6.07, 6.45) is 3.58. The van der Waals surface area contributed by atoms with Crippen LogP contribution in [0.15, 0.2) is 41.1 Å². The third-order valence-electron chi connectivity index (χ3n) is 2.55. The average molecular weight is 295 g/mol. The van der Waals surface area contributed by atoms with Crippen molar-refractivity contribution in [2.24, 2.45) is 0 Å². The Morgan fingerprint density at radius 3 is 2.94 bits per heavy atom. The number of rotatable bonds is 3. The molecule has 1 aromatic carbocycles. The molecule has 0 aliphatic carbocycles. The van der Waals surface area contributed by atoms with Crippen LogP contribution >= 0.6 is 15.9 Å². The van der Waals surface area contributed by atoms with E-state index in [1.54, 1.807) is 12.3 Å². The Kier molecular flexibility index (Phi) is 3.74. The molecule has 0 aliphatic rings. The van der Waals surface area contributed by atoms with Gasteiger partial charge in [0.25, 0.3) is 0 Å². The smallest absolute Gasteiger partial charge is 0.125 e. The molecule has 0 unspecified atom stereocenters. The summed E-state index contributed by atoms with van der Waals surface area (Å²) in [5.74, 6) is -0.251. The fraction of sp³-hybridized carbons (Fsp3) is 0.154. The van der Waals surface area contributed by atoms with Gasteiger partial charge in [-0.15, -0.1) is 0 Å². The number of hydrogen-bond donors (Lipinski definition) is 1. The largest absolute Gasteiger partial charge is 0.380 e. The van der Waals surface area contributed by atoms with Gasteiger partial charge in [0.2, 0.25) is 0 Å². The van der Waals surface area contributed by atoms with Gasteiger partial charge in [-0.1, -0.05) is 0 Å². The maximum absolute atomic E-state index is 13.1. The predicted octanol–water partition coefficient (Wildman–Crippen LogP) is 3.90. The van der Waals surface area contributed by atoms with Crippen molar-refractivity contribution in [3.8, 4) is 0 Å². The zero-order chi connectivity index (χ0) is 12.3. The lowest BCUT2D eigenvalue weighted by Gasteiger charge is -2.10. The molecule has 2 rings (SSSR count). The van der Waals surface area contributed by atoms with E-state index in [1.165, 1.54) is 17.7 Å². The molecule has 0 saturated heterocycles. The summed E-state index contributed by atoms with van der Waals surface area (Å²) >= 11 is 3.38. The van der Waals surface area contributed by atoms with Crippen LogP contribution in [-0.4, -0.2) is 4.98 Å². The van der Waals surface area contributed by atoms with Crippen LogP contribution in [0.5, 0.6) is 0 Å². The molecule has 0 atom stereocenters. The summed E-state index contributed by atoms with van der Waals surface area (Å²) in [6.45, 7) is 2.65. The van der Waals surface area contributed by atoms with Gasteiger partial charge in [-0.25, -0.2) is 4.39 Å². The quantitative estimate of drug-likeness (QED) is 0.928. The van der Waals surface area contributed by atoms with Gasteiger partial charge in [0.1, 0.15) is 5.82 Å². The number of hydrogen-bond acceptors (Lipinski definition) is 2. The zero-order valence-corrected chi connectivity index (χ0v) is 11.0. The first-order valence-electron chi connectivity index (χ1n) is 5.25. The highest BCUT2D eigenvalue weighted by Crippen LogP contribution is 2.23. The molecule has 1 aromatic heterocycles. The SMILES string of the molecule is Cc1ccncc1CNc1cc(F)ccc1Br. The summed E-state index contributed by atoms with van der Waals surface area (Å²) in [5.41, 5.74) is 3.01. The number of aryl methyl sites for hydroxylation is 1. The number of halogens is 2. The molecule has 0 bridgehead atoms. The molecule has 1 heterocycles. The second-order valence-corrected chi connectivity index (χ2v) is 4.63. The minimum atomic E-state index is -0.251. The first kappa shape index (κ1) is 12.0. The van der Waals surface area contributed by atoms with Crippen LogP contribution in [0.2, 0.25) is 0 Å². The Morgan fingerprint density at radius 1 is 1.35 bits per heavy atom. The Balaban J connectivity index is 2.12. The van der Waals surface area contributed by atoms with Gasteiger partial charge in [-0.3, -0.25) is 4.98 Å². The number of benzene rings is 1. The van der Waals surface area contributed by atoms with Gasteiger partial charge in [-0.05, 0) is 58.2 Å². The van der Waals surface area contributed by atoms with Crippen molar-refractivity contribution in [2.45, 2.75) is 13.5 Å². The van der Waals surface area contributed by atoms with E-state index in [0.29, 0.717) is 6.54 Å². The van der Waals surface area contributed by atoms with Gasteiger partial charge >= 0.3 is 0 Å². The van der Waals surface area contributed by atoms with Crippen molar-refractivity contribution in [2.75, 3.05) is 5.32 Å². The standard InChI is InChI=1S/C13H12BrFN2/c1-9-4-5-16-7-10(9)8-17-13-6-11(15)2-3-12(13)14/h2-7,17H,8H2,1H3. The highest BCUT2D eigenvalue weighted by Gasteiger charge is 2.02. The third kappa shape index (κ3) is 3.03. The molecule has 0 radical (unpaired) electrons. The van der Waals surface area contributed by atoms with Crippen LogP contribution in [0.25, 0.3) is 0 Å². The Bertz CT molecular complexity index is 529. The van der Waals surface area contributed by atoms with Crippen molar-refractivity contribution in [1.29, 1.82) is 0 Å². The molecule has 0 aliphatic heterocycles. The molecule has 0 spiro atoms. The lowest BCUT2D eigenvalue weighted by atomic mass is 10.1. The number of aromatic nitrogens is 1. The number of anilines is 1. The van der Waals surface area contributed by atoms with Gasteiger partial charge < -0.3 is 5.32 Å². The van der Waals surface area contributed by atoms with Gasteiger partial charge in [0, 0.05) is 23.4 Å². The molecule has 17 heavy (non-hydrogen) atoms. The van der Waals surface area contributed by atoms with Crippen LogP contribution in [0.4, 0.5) is 10.1 Å². The molecular weight excluding hydrogens is 283 g/mol. The summed E-state index contributed by atoms with van der Waals surface area (Å²) < 4.78 is 13.9. The summed E-state index contributed by atoms with van der Waals surface area (Å²) in [7, 11) is 0. The molecule has 88 valence electrons. The van der Waals surface area contributed by atoms with E-state index in [2.05, 4.69) is 26.2 Å². The fourth-order valence-electron chi connectivity index (χ4n) is 1.51. The lowest BCUT2D eigenvalue weighted by Crippen LogP contribution is -2.02. The predicted molar refractivity (Wildman–Crippen MR) is 70.4 cm³/mol. The van der Waals surface area contributed by atoms with Gasteiger partial charge in [0.15, 0.2) is 0 Å². The topological polar surface area (TPSA) is 24.9 Å². The first-order chi connectivity index (χ1) is 8.16. The van der Waals surface area contributed by atoms with E-state index < -0.39 is 0 Å². The van der Waals surface area contributed by atoms with Crippen molar-refractivity contribution in [3.05, 3.63) is 58.1 Å². The minimum absolute atomic E-state index is 0.251. The zero-order valence-electron chi connectivity index (χ0n) is 9.37. The Labute approximate surface area is 108 Å². The summed E-state index contributed by atoms with van der Waals surface area (Å²) in [5, 5.41) is 3.18.